The quantitative estimate of drug-likeness (QED) is 0.802. The fourth-order valence-corrected chi connectivity index (χ4v) is 2.13. The topological polar surface area (TPSA) is 84.9 Å². The van der Waals surface area contributed by atoms with Gasteiger partial charge in [0.15, 0.2) is 6.61 Å². The Morgan fingerprint density at radius 1 is 1.00 bits per heavy atom. The molecule has 0 aliphatic carbocycles. The fourth-order valence-electron chi connectivity index (χ4n) is 2.13. The van der Waals surface area contributed by atoms with E-state index in [0.29, 0.717) is 22.6 Å². The molecule has 0 unspecified atom stereocenters. The first-order valence-electron chi connectivity index (χ1n) is 7.83. The average Bonchev–Trinajstić information content (AvgIpc) is 2.66. The molecule has 0 radical (unpaired) electrons. The lowest BCUT2D eigenvalue weighted by molar-refractivity contribution is -0.118. The third-order valence-corrected chi connectivity index (χ3v) is 3.45. The number of benzene rings is 2. The lowest BCUT2D eigenvalue weighted by atomic mass is 10.2. The van der Waals surface area contributed by atoms with Gasteiger partial charge in [0.1, 0.15) is 5.75 Å². The lowest BCUT2D eigenvalue weighted by Crippen LogP contribution is -2.22. The highest BCUT2D eigenvalue weighted by Gasteiger charge is 2.10. The molecule has 0 saturated carbocycles. The number of methoxy groups -OCH3 is 1. The van der Waals surface area contributed by atoms with Gasteiger partial charge in [-0.2, -0.15) is 0 Å². The second-order valence-electron chi connectivity index (χ2n) is 5.63. The molecule has 2 aromatic rings. The first-order valence-corrected chi connectivity index (χ1v) is 7.83. The molecule has 2 aromatic carbocycles. The smallest absolute Gasteiger partial charge is 0.337 e. The summed E-state index contributed by atoms with van der Waals surface area (Å²) in [7, 11) is 4.63. The van der Waals surface area contributed by atoms with E-state index in [4.69, 9.17) is 4.74 Å². The maximum absolute atomic E-state index is 12.0. The highest BCUT2D eigenvalue weighted by Crippen LogP contribution is 2.15. The minimum atomic E-state index is -0.479. The number of hydrogen-bond donors (Lipinski definition) is 1. The molecule has 0 fully saturated rings. The Morgan fingerprint density at radius 2 is 1.69 bits per heavy atom. The van der Waals surface area contributed by atoms with E-state index in [-0.39, 0.29) is 18.4 Å². The first-order chi connectivity index (χ1) is 12.4. The van der Waals surface area contributed by atoms with Crippen molar-refractivity contribution in [3.05, 3.63) is 59.7 Å². The summed E-state index contributed by atoms with van der Waals surface area (Å²) < 4.78 is 10.0. The minimum Gasteiger partial charge on any atom is -0.484 e. The zero-order valence-corrected chi connectivity index (χ0v) is 14.8. The van der Waals surface area contributed by atoms with Crippen molar-refractivity contribution in [3.8, 4) is 5.75 Å². The van der Waals surface area contributed by atoms with E-state index in [9.17, 15) is 14.4 Å². The van der Waals surface area contributed by atoms with Crippen molar-refractivity contribution >= 4 is 23.5 Å². The molecule has 0 spiro atoms. The van der Waals surface area contributed by atoms with Crippen LogP contribution >= 0.6 is 0 Å². The van der Waals surface area contributed by atoms with Gasteiger partial charge in [-0.05, 0) is 42.5 Å². The number of amides is 2. The number of nitrogens with zero attached hydrogens (tertiary/aromatic N) is 1. The van der Waals surface area contributed by atoms with E-state index in [1.807, 2.05) is 0 Å². The van der Waals surface area contributed by atoms with Gasteiger partial charge in [-0.15, -0.1) is 0 Å². The molecule has 1 N–H and O–H groups in total. The van der Waals surface area contributed by atoms with Crippen molar-refractivity contribution in [3.63, 3.8) is 0 Å². The second kappa shape index (κ2) is 8.66. The normalized spacial score (nSPS) is 9.96. The molecule has 2 amide bonds. The van der Waals surface area contributed by atoms with Crippen molar-refractivity contribution in [1.82, 2.24) is 4.90 Å². The molecular formula is C19H20N2O5. The number of esters is 1. The molecule has 7 nitrogen and oxygen atoms in total. The van der Waals surface area contributed by atoms with Crippen LogP contribution in [0.2, 0.25) is 0 Å². The van der Waals surface area contributed by atoms with Crippen molar-refractivity contribution < 1.29 is 23.9 Å². The second-order valence-corrected chi connectivity index (χ2v) is 5.63. The monoisotopic (exact) mass is 356 g/mol. The Kier molecular flexibility index (Phi) is 6.32. The van der Waals surface area contributed by atoms with Crippen molar-refractivity contribution in [2.75, 3.05) is 33.1 Å². The van der Waals surface area contributed by atoms with Gasteiger partial charge in [-0.3, -0.25) is 9.59 Å². The van der Waals surface area contributed by atoms with Gasteiger partial charge >= 0.3 is 5.97 Å². The van der Waals surface area contributed by atoms with E-state index in [1.54, 1.807) is 56.6 Å². The molecule has 0 aromatic heterocycles. The zero-order chi connectivity index (χ0) is 19.1. The number of anilines is 1. The molecule has 0 aliphatic heterocycles. The Hall–Kier alpha value is -3.35. The van der Waals surface area contributed by atoms with Crippen LogP contribution in [0, 0.1) is 0 Å². The van der Waals surface area contributed by atoms with Crippen LogP contribution in [0.4, 0.5) is 5.69 Å². The highest BCUT2D eigenvalue weighted by atomic mass is 16.5. The van der Waals surface area contributed by atoms with Gasteiger partial charge < -0.3 is 19.7 Å². The molecule has 136 valence electrons. The van der Waals surface area contributed by atoms with Gasteiger partial charge in [0, 0.05) is 25.3 Å². The van der Waals surface area contributed by atoms with Crippen LogP contribution < -0.4 is 10.1 Å². The summed E-state index contributed by atoms with van der Waals surface area (Å²) in [5, 5.41) is 2.68. The van der Waals surface area contributed by atoms with E-state index >= 15 is 0 Å². The summed E-state index contributed by atoms with van der Waals surface area (Å²) >= 11 is 0. The maximum Gasteiger partial charge on any atom is 0.337 e. The van der Waals surface area contributed by atoms with Crippen molar-refractivity contribution in [1.29, 1.82) is 0 Å². The van der Waals surface area contributed by atoms with Crippen LogP contribution in [0.25, 0.3) is 0 Å². The Morgan fingerprint density at radius 3 is 2.31 bits per heavy atom. The minimum absolute atomic E-state index is 0.114. The van der Waals surface area contributed by atoms with Gasteiger partial charge in [0.05, 0.1) is 12.7 Å². The predicted molar refractivity (Wildman–Crippen MR) is 96.4 cm³/mol. The van der Waals surface area contributed by atoms with Crippen LogP contribution in [0.3, 0.4) is 0 Å². The van der Waals surface area contributed by atoms with E-state index < -0.39 is 5.97 Å². The lowest BCUT2D eigenvalue weighted by Gasteiger charge is -2.11. The maximum atomic E-state index is 12.0. The number of carbonyl (C=O) groups is 3. The SMILES string of the molecule is COC(=O)c1cccc(OCC(=O)Nc2ccc(C(=O)N(C)C)cc2)c1. The van der Waals surface area contributed by atoms with Gasteiger partial charge in [0.2, 0.25) is 0 Å². The summed E-state index contributed by atoms with van der Waals surface area (Å²) in [5.41, 5.74) is 1.42. The van der Waals surface area contributed by atoms with Crippen LogP contribution in [-0.2, 0) is 9.53 Å². The van der Waals surface area contributed by atoms with Gasteiger partial charge in [-0.25, -0.2) is 4.79 Å². The standard InChI is InChI=1S/C19H20N2O5/c1-21(2)18(23)13-7-9-15(10-8-13)20-17(22)12-26-16-6-4-5-14(11-16)19(24)25-3/h4-11H,12H2,1-3H3,(H,20,22). The summed E-state index contributed by atoms with van der Waals surface area (Å²) in [6.07, 6.45) is 0. The molecule has 26 heavy (non-hydrogen) atoms. The third kappa shape index (κ3) is 5.07. The van der Waals surface area contributed by atoms with Crippen molar-refractivity contribution in [2.45, 2.75) is 0 Å². The van der Waals surface area contributed by atoms with Crippen LogP contribution in [-0.4, -0.2) is 50.5 Å². The average molecular weight is 356 g/mol. The van der Waals surface area contributed by atoms with Gasteiger partial charge in [0.25, 0.3) is 11.8 Å². The number of rotatable bonds is 6. The fraction of sp³-hybridized carbons (Fsp3) is 0.211. The van der Waals surface area contributed by atoms with E-state index in [0.717, 1.165) is 0 Å². The molecule has 0 bridgehead atoms. The molecule has 2 rings (SSSR count). The number of carbonyl (C=O) groups excluding carboxylic acids is 3. The zero-order valence-electron chi connectivity index (χ0n) is 14.8. The van der Waals surface area contributed by atoms with Gasteiger partial charge in [-0.1, -0.05) is 6.07 Å². The van der Waals surface area contributed by atoms with Crippen molar-refractivity contribution in [2.24, 2.45) is 0 Å². The molecule has 0 aliphatic rings. The molecule has 0 atom stereocenters. The number of ether oxygens (including phenoxy) is 2. The summed E-state index contributed by atoms with van der Waals surface area (Å²) in [6, 6.07) is 12.9. The molecule has 0 heterocycles. The Balaban J connectivity index is 1.91. The Bertz CT molecular complexity index is 800. The predicted octanol–water partition coefficient (Wildman–Crippen LogP) is 2.19. The summed E-state index contributed by atoms with van der Waals surface area (Å²) in [5.74, 6) is -0.570. The Labute approximate surface area is 151 Å². The van der Waals surface area contributed by atoms with Crippen LogP contribution in [0.1, 0.15) is 20.7 Å². The molecular weight excluding hydrogens is 336 g/mol. The molecule has 7 heteroatoms. The summed E-state index contributed by atoms with van der Waals surface area (Å²) in [6.45, 7) is -0.219. The largest absolute Gasteiger partial charge is 0.484 e. The first kappa shape index (κ1) is 19.0. The van der Waals surface area contributed by atoms with E-state index in [2.05, 4.69) is 10.1 Å². The van der Waals surface area contributed by atoms with Crippen LogP contribution in [0.5, 0.6) is 5.75 Å². The summed E-state index contributed by atoms with van der Waals surface area (Å²) in [4.78, 5) is 36.8. The van der Waals surface area contributed by atoms with Crippen LogP contribution in [0.15, 0.2) is 48.5 Å². The highest BCUT2D eigenvalue weighted by molar-refractivity contribution is 5.96. The molecule has 0 saturated heterocycles. The number of nitrogens with one attached hydrogen (secondary N) is 1. The van der Waals surface area contributed by atoms with E-state index in [1.165, 1.54) is 18.1 Å². The third-order valence-electron chi connectivity index (χ3n) is 3.45. The number of hydrogen-bond acceptors (Lipinski definition) is 5.